The number of hydrogen-bond donors (Lipinski definition) is 0. The monoisotopic (exact) mass is 210 g/mol. The van der Waals surface area contributed by atoms with E-state index in [1.807, 2.05) is 0 Å². The topological polar surface area (TPSA) is 17.2 Å². The van der Waals surface area contributed by atoms with Crippen molar-refractivity contribution < 1.29 is 64.3 Å². The summed E-state index contributed by atoms with van der Waals surface area (Å²) in [5.74, 6) is 0. The Bertz CT molecular complexity index is 333. The van der Waals surface area contributed by atoms with Crippen molar-refractivity contribution in [3.05, 3.63) is 29.9 Å². The SMILES string of the molecule is [C-]#[N+]c1cncc([B-](F)(F)F)c1.[K+]. The summed E-state index contributed by atoms with van der Waals surface area (Å²) >= 11 is 0. The van der Waals surface area contributed by atoms with E-state index in [-0.39, 0.29) is 57.1 Å². The molecule has 0 aliphatic carbocycles. The number of hydrogen-bond acceptors (Lipinski definition) is 1. The average Bonchev–Trinajstić information content (AvgIpc) is 2.03. The van der Waals surface area contributed by atoms with Gasteiger partial charge in [-0.05, 0) is 6.20 Å². The minimum absolute atomic E-state index is 0. The molecule has 0 fully saturated rings. The Balaban J connectivity index is 0.00000144. The van der Waals surface area contributed by atoms with Crippen molar-refractivity contribution in [2.24, 2.45) is 0 Å². The Morgan fingerprint density at radius 3 is 2.38 bits per heavy atom. The number of halogens is 3. The minimum Gasteiger partial charge on any atom is -0.445 e. The van der Waals surface area contributed by atoms with E-state index in [0.29, 0.717) is 6.20 Å². The smallest absolute Gasteiger partial charge is 0.445 e. The second-order valence-electron chi connectivity index (χ2n) is 2.16. The van der Waals surface area contributed by atoms with Crippen molar-refractivity contribution in [2.45, 2.75) is 0 Å². The largest absolute Gasteiger partial charge is 1.00 e. The quantitative estimate of drug-likeness (QED) is 0.415. The van der Waals surface area contributed by atoms with Crippen molar-refractivity contribution >= 4 is 18.1 Å². The van der Waals surface area contributed by atoms with Gasteiger partial charge in [-0.3, -0.25) is 4.98 Å². The Morgan fingerprint density at radius 2 is 1.92 bits per heavy atom. The van der Waals surface area contributed by atoms with E-state index in [0.717, 1.165) is 12.3 Å². The maximum absolute atomic E-state index is 12.0. The summed E-state index contributed by atoms with van der Waals surface area (Å²) < 4.78 is 36.1. The molecule has 7 heteroatoms. The van der Waals surface area contributed by atoms with Crippen LogP contribution >= 0.6 is 0 Å². The van der Waals surface area contributed by atoms with Crippen LogP contribution in [0.25, 0.3) is 4.85 Å². The predicted molar refractivity (Wildman–Crippen MR) is 39.2 cm³/mol. The van der Waals surface area contributed by atoms with Gasteiger partial charge < -0.3 is 12.9 Å². The first kappa shape index (κ1) is 13.1. The molecule has 2 nitrogen and oxygen atoms in total. The fraction of sp³-hybridized carbons (Fsp3) is 0. The predicted octanol–water partition coefficient (Wildman–Crippen LogP) is -1.31. The van der Waals surface area contributed by atoms with E-state index in [9.17, 15) is 12.9 Å². The van der Waals surface area contributed by atoms with E-state index in [4.69, 9.17) is 6.57 Å². The Kier molecular flexibility index (Phi) is 5.17. The molecule has 1 heterocycles. The van der Waals surface area contributed by atoms with Gasteiger partial charge in [0.1, 0.15) is 0 Å². The Morgan fingerprint density at radius 1 is 1.31 bits per heavy atom. The molecule has 0 saturated heterocycles. The summed E-state index contributed by atoms with van der Waals surface area (Å²) in [6.07, 6.45) is 1.81. The molecule has 13 heavy (non-hydrogen) atoms. The van der Waals surface area contributed by atoms with Crippen molar-refractivity contribution in [1.82, 2.24) is 4.98 Å². The van der Waals surface area contributed by atoms with Crippen LogP contribution in [0.2, 0.25) is 0 Å². The zero-order valence-electron chi connectivity index (χ0n) is 6.84. The Labute approximate surface area is 116 Å². The summed E-state index contributed by atoms with van der Waals surface area (Å²) in [7, 11) is 0. The molecule has 0 bridgehead atoms. The van der Waals surface area contributed by atoms with Gasteiger partial charge in [-0.2, -0.15) is 0 Å². The summed E-state index contributed by atoms with van der Waals surface area (Å²) in [6, 6.07) is 0.792. The van der Waals surface area contributed by atoms with Crippen LogP contribution in [0.3, 0.4) is 0 Å². The maximum Gasteiger partial charge on any atom is 1.00 e. The zero-order valence-corrected chi connectivity index (χ0v) is 9.96. The third-order valence-corrected chi connectivity index (χ3v) is 1.25. The normalized spacial score (nSPS) is 10.0. The second kappa shape index (κ2) is 5.12. The van der Waals surface area contributed by atoms with Crippen LogP contribution in [0.4, 0.5) is 18.6 Å². The fourth-order valence-electron chi connectivity index (χ4n) is 0.685. The van der Waals surface area contributed by atoms with E-state index >= 15 is 0 Å². The van der Waals surface area contributed by atoms with E-state index in [2.05, 4.69) is 9.83 Å². The molecule has 0 spiro atoms. The molecule has 0 aliphatic heterocycles. The van der Waals surface area contributed by atoms with Gasteiger partial charge in [-0.1, -0.05) is 6.07 Å². The number of nitrogens with zero attached hydrogens (tertiary/aromatic N) is 2. The van der Waals surface area contributed by atoms with Gasteiger partial charge in [0.05, 0.1) is 6.57 Å². The van der Waals surface area contributed by atoms with Gasteiger partial charge in [-0.15, -0.1) is 5.46 Å². The number of rotatable bonds is 1. The molecule has 0 atom stereocenters. The molecule has 0 unspecified atom stereocenters. The maximum atomic E-state index is 12.0. The van der Waals surface area contributed by atoms with Crippen LogP contribution in [0.5, 0.6) is 0 Å². The molecule has 0 radical (unpaired) electrons. The van der Waals surface area contributed by atoms with Crippen molar-refractivity contribution in [3.63, 3.8) is 0 Å². The molecular formula is C6H3BF3KN2. The zero-order chi connectivity index (χ0) is 9.19. The molecule has 0 amide bonds. The number of aromatic nitrogens is 1. The molecule has 0 N–H and O–H groups in total. The van der Waals surface area contributed by atoms with Crippen LogP contribution < -0.4 is 56.8 Å². The van der Waals surface area contributed by atoms with Crippen molar-refractivity contribution in [2.75, 3.05) is 0 Å². The summed E-state index contributed by atoms with van der Waals surface area (Å²) in [5.41, 5.74) is -0.921. The van der Waals surface area contributed by atoms with Crippen LogP contribution in [0.15, 0.2) is 18.5 Å². The summed E-state index contributed by atoms with van der Waals surface area (Å²) in [4.78, 5) is 6.15. The van der Waals surface area contributed by atoms with Crippen LogP contribution in [0, 0.1) is 6.57 Å². The van der Waals surface area contributed by atoms with Gasteiger partial charge >= 0.3 is 58.4 Å². The van der Waals surface area contributed by atoms with Gasteiger partial charge in [0.15, 0.2) is 0 Å². The summed E-state index contributed by atoms with van der Waals surface area (Å²) in [6.45, 7) is 1.43. The third kappa shape index (κ3) is 3.79. The molecule has 1 aromatic heterocycles. The average molecular weight is 210 g/mol. The second-order valence-corrected chi connectivity index (χ2v) is 2.16. The van der Waals surface area contributed by atoms with E-state index in [1.54, 1.807) is 0 Å². The molecular weight excluding hydrogens is 207 g/mol. The minimum atomic E-state index is -5.04. The molecule has 1 aromatic rings. The molecule has 0 aliphatic rings. The van der Waals surface area contributed by atoms with Crippen LogP contribution in [0.1, 0.15) is 0 Å². The standard InChI is InChI=1S/C6H3BF3N2.K/c1-11-6-2-5(3-12-4-6)7(8,9)10;/h2-4H;/q-1;+1. The first-order valence-corrected chi connectivity index (χ1v) is 3.06. The number of pyridine rings is 1. The van der Waals surface area contributed by atoms with Gasteiger partial charge in [0.2, 0.25) is 5.69 Å². The van der Waals surface area contributed by atoms with Gasteiger partial charge in [-0.25, -0.2) is 4.85 Å². The van der Waals surface area contributed by atoms with Crippen molar-refractivity contribution in [1.29, 1.82) is 0 Å². The molecule has 62 valence electrons. The molecule has 0 saturated carbocycles. The van der Waals surface area contributed by atoms with E-state index in [1.165, 1.54) is 0 Å². The molecule has 0 aromatic carbocycles. The van der Waals surface area contributed by atoms with Gasteiger partial charge in [0, 0.05) is 6.20 Å². The Hall–Kier alpha value is 0.131. The first-order chi connectivity index (χ1) is 5.54. The summed E-state index contributed by atoms with van der Waals surface area (Å²) in [5, 5.41) is 0. The third-order valence-electron chi connectivity index (χ3n) is 1.25. The van der Waals surface area contributed by atoms with Crippen LogP contribution in [-0.2, 0) is 0 Å². The fourth-order valence-corrected chi connectivity index (χ4v) is 0.685. The molecule has 1 rings (SSSR count). The van der Waals surface area contributed by atoms with Gasteiger partial charge in [0.25, 0.3) is 0 Å². The van der Waals surface area contributed by atoms with E-state index < -0.39 is 12.4 Å². The van der Waals surface area contributed by atoms with Crippen LogP contribution in [-0.4, -0.2) is 12.0 Å². The van der Waals surface area contributed by atoms with Crippen molar-refractivity contribution in [3.8, 4) is 0 Å². The first-order valence-electron chi connectivity index (χ1n) is 3.06.